The molecule has 0 unspecified atom stereocenters. The molecule has 1 heterocycles. The Balaban J connectivity index is 1.43. The summed E-state index contributed by atoms with van der Waals surface area (Å²) >= 11 is 0. The Bertz CT molecular complexity index is 1270. The summed E-state index contributed by atoms with van der Waals surface area (Å²) in [5.41, 5.74) is 2.84. The number of alkyl halides is 3. The first-order valence-corrected chi connectivity index (χ1v) is 11.7. The number of ether oxygens (including phenoxy) is 1. The molecular formula is C28H28F4N2O. The normalized spacial score (nSPS) is 11.8. The third-order valence-corrected chi connectivity index (χ3v) is 5.98. The average molecular weight is 485 g/mol. The van der Waals surface area contributed by atoms with Crippen molar-refractivity contribution in [2.45, 2.75) is 39.1 Å². The van der Waals surface area contributed by atoms with Crippen LogP contribution < -0.4 is 10.1 Å². The van der Waals surface area contributed by atoms with E-state index in [-0.39, 0.29) is 5.82 Å². The largest absolute Gasteiger partial charge is 0.488 e. The number of hydrogen-bond donors (Lipinski definition) is 1. The molecule has 0 spiro atoms. The van der Waals surface area contributed by atoms with Gasteiger partial charge in [0.25, 0.3) is 0 Å². The fraction of sp³-hybridized carbons (Fsp3) is 0.286. The molecule has 0 aliphatic carbocycles. The number of nitrogens with zero attached hydrogens (tertiary/aromatic N) is 1. The van der Waals surface area contributed by atoms with Crippen LogP contribution in [0.2, 0.25) is 0 Å². The molecule has 1 aromatic heterocycles. The first-order valence-electron chi connectivity index (χ1n) is 11.7. The van der Waals surface area contributed by atoms with Gasteiger partial charge >= 0.3 is 6.18 Å². The molecule has 0 bridgehead atoms. The maximum atomic E-state index is 14.4. The van der Waals surface area contributed by atoms with Gasteiger partial charge in [0.05, 0.1) is 11.1 Å². The number of aromatic nitrogens is 1. The van der Waals surface area contributed by atoms with Crippen LogP contribution in [0.1, 0.15) is 29.2 Å². The van der Waals surface area contributed by atoms with E-state index >= 15 is 0 Å². The van der Waals surface area contributed by atoms with Gasteiger partial charge in [0.1, 0.15) is 18.2 Å². The Morgan fingerprint density at radius 2 is 1.63 bits per heavy atom. The van der Waals surface area contributed by atoms with Crippen molar-refractivity contribution >= 4 is 10.9 Å². The molecule has 3 nitrogen and oxygen atoms in total. The Kier molecular flexibility index (Phi) is 7.76. The number of fused-ring (bicyclic) bond motifs is 1. The van der Waals surface area contributed by atoms with Crippen molar-refractivity contribution in [2.24, 2.45) is 0 Å². The minimum absolute atomic E-state index is 0.339. The first kappa shape index (κ1) is 24.8. The third-order valence-electron chi connectivity index (χ3n) is 5.98. The van der Waals surface area contributed by atoms with E-state index in [1.165, 1.54) is 24.3 Å². The van der Waals surface area contributed by atoms with E-state index in [0.29, 0.717) is 50.4 Å². The van der Waals surface area contributed by atoms with Gasteiger partial charge in [0.2, 0.25) is 0 Å². The zero-order valence-electron chi connectivity index (χ0n) is 19.5. The second-order valence-corrected chi connectivity index (χ2v) is 8.46. The van der Waals surface area contributed by atoms with Crippen LogP contribution in [0.3, 0.4) is 0 Å². The van der Waals surface area contributed by atoms with Crippen molar-refractivity contribution in [2.75, 3.05) is 13.1 Å². The Hall–Kier alpha value is -3.32. The summed E-state index contributed by atoms with van der Waals surface area (Å²) in [4.78, 5) is 0. The highest BCUT2D eigenvalue weighted by molar-refractivity contribution is 5.90. The van der Waals surface area contributed by atoms with Crippen LogP contribution in [-0.2, 0) is 32.2 Å². The van der Waals surface area contributed by atoms with E-state index in [1.807, 2.05) is 48.0 Å². The lowest BCUT2D eigenvalue weighted by molar-refractivity contribution is -0.137. The van der Waals surface area contributed by atoms with Gasteiger partial charge in [-0.3, -0.25) is 0 Å². The Labute approximate surface area is 202 Å². The zero-order valence-corrected chi connectivity index (χ0v) is 19.5. The van der Waals surface area contributed by atoms with Crippen LogP contribution in [0.5, 0.6) is 5.75 Å². The maximum Gasteiger partial charge on any atom is 0.416 e. The average Bonchev–Trinajstić information content (AvgIpc) is 3.20. The molecule has 7 heteroatoms. The number of hydrogen-bond acceptors (Lipinski definition) is 2. The van der Waals surface area contributed by atoms with E-state index in [4.69, 9.17) is 4.74 Å². The SMILES string of the molecule is CCn1cc(CCNCCc2cccc(C(F)(F)F)c2)c2c(OCc3ccccc3)cc(F)cc21. The molecular weight excluding hydrogens is 456 g/mol. The van der Waals surface area contributed by atoms with Gasteiger partial charge in [-0.15, -0.1) is 0 Å². The highest BCUT2D eigenvalue weighted by atomic mass is 19.4. The van der Waals surface area contributed by atoms with Crippen molar-refractivity contribution in [1.82, 2.24) is 9.88 Å². The summed E-state index contributed by atoms with van der Waals surface area (Å²) in [5.74, 6) is 0.161. The number of benzene rings is 3. The molecule has 0 aliphatic rings. The Morgan fingerprint density at radius 1 is 0.886 bits per heavy atom. The van der Waals surface area contributed by atoms with E-state index in [2.05, 4.69) is 5.32 Å². The van der Waals surface area contributed by atoms with Gasteiger partial charge in [0, 0.05) is 24.2 Å². The molecule has 35 heavy (non-hydrogen) atoms. The molecule has 0 radical (unpaired) electrons. The van der Waals surface area contributed by atoms with Crippen LogP contribution in [-0.4, -0.2) is 17.7 Å². The number of rotatable bonds is 10. The lowest BCUT2D eigenvalue weighted by Gasteiger charge is -2.11. The van der Waals surface area contributed by atoms with Gasteiger partial charge in [-0.2, -0.15) is 13.2 Å². The monoisotopic (exact) mass is 484 g/mol. The van der Waals surface area contributed by atoms with E-state index in [0.717, 1.165) is 28.1 Å². The molecule has 0 fully saturated rings. The minimum atomic E-state index is -4.34. The molecule has 0 amide bonds. The second-order valence-electron chi connectivity index (χ2n) is 8.46. The maximum absolute atomic E-state index is 14.4. The van der Waals surface area contributed by atoms with Crippen molar-refractivity contribution in [1.29, 1.82) is 0 Å². The van der Waals surface area contributed by atoms with Gasteiger partial charge in [-0.25, -0.2) is 4.39 Å². The number of aryl methyl sites for hydroxylation is 1. The van der Waals surface area contributed by atoms with Gasteiger partial charge < -0.3 is 14.6 Å². The van der Waals surface area contributed by atoms with Crippen molar-refractivity contribution in [3.8, 4) is 5.75 Å². The topological polar surface area (TPSA) is 26.2 Å². The quantitative estimate of drug-likeness (QED) is 0.199. The minimum Gasteiger partial charge on any atom is -0.488 e. The molecule has 3 aromatic carbocycles. The standard InChI is InChI=1S/C28H28F4N2O/c1-2-34-18-22(12-14-33-13-11-20-9-6-10-23(15-20)28(30,31)32)27-25(34)16-24(29)17-26(27)35-19-21-7-4-3-5-8-21/h3-10,15-18,33H,2,11-14,19H2,1H3. The summed E-state index contributed by atoms with van der Waals surface area (Å²) in [7, 11) is 0. The third kappa shape index (κ3) is 6.22. The highest BCUT2D eigenvalue weighted by Crippen LogP contribution is 2.33. The summed E-state index contributed by atoms with van der Waals surface area (Å²) in [6, 6.07) is 18.1. The molecule has 0 atom stereocenters. The predicted molar refractivity (Wildman–Crippen MR) is 130 cm³/mol. The van der Waals surface area contributed by atoms with Crippen LogP contribution >= 0.6 is 0 Å². The van der Waals surface area contributed by atoms with E-state index < -0.39 is 11.7 Å². The predicted octanol–water partition coefficient (Wildman–Crippen LogP) is 6.77. The van der Waals surface area contributed by atoms with Gasteiger partial charge in [-0.05, 0) is 61.7 Å². The molecule has 1 N–H and O–H groups in total. The summed E-state index contributed by atoms with van der Waals surface area (Å²) in [6.45, 7) is 4.23. The summed E-state index contributed by atoms with van der Waals surface area (Å²) in [5, 5.41) is 4.21. The van der Waals surface area contributed by atoms with Gasteiger partial charge in [0.15, 0.2) is 0 Å². The smallest absolute Gasteiger partial charge is 0.416 e. The number of nitrogens with one attached hydrogen (secondary N) is 1. The summed E-state index contributed by atoms with van der Waals surface area (Å²) < 4.78 is 61.2. The Morgan fingerprint density at radius 3 is 2.37 bits per heavy atom. The van der Waals surface area contributed by atoms with Crippen molar-refractivity contribution in [3.05, 3.63) is 101 Å². The lowest BCUT2D eigenvalue weighted by Crippen LogP contribution is -2.20. The zero-order chi connectivity index (χ0) is 24.8. The van der Waals surface area contributed by atoms with Crippen molar-refractivity contribution in [3.63, 3.8) is 0 Å². The molecule has 0 aliphatic heterocycles. The summed E-state index contributed by atoms with van der Waals surface area (Å²) in [6.07, 6.45) is -1.14. The van der Waals surface area contributed by atoms with Crippen LogP contribution in [0.15, 0.2) is 72.9 Å². The highest BCUT2D eigenvalue weighted by Gasteiger charge is 2.30. The second kappa shape index (κ2) is 11.0. The molecule has 184 valence electrons. The molecule has 0 saturated carbocycles. The van der Waals surface area contributed by atoms with E-state index in [9.17, 15) is 17.6 Å². The molecule has 4 aromatic rings. The fourth-order valence-corrected chi connectivity index (χ4v) is 4.22. The van der Waals surface area contributed by atoms with Crippen LogP contribution in [0.4, 0.5) is 17.6 Å². The molecule has 4 rings (SSSR count). The molecule has 0 saturated heterocycles. The van der Waals surface area contributed by atoms with Crippen LogP contribution in [0, 0.1) is 5.82 Å². The van der Waals surface area contributed by atoms with E-state index in [1.54, 1.807) is 6.07 Å². The lowest BCUT2D eigenvalue weighted by atomic mass is 10.1. The fourth-order valence-electron chi connectivity index (χ4n) is 4.22. The number of halogens is 4. The first-order chi connectivity index (χ1) is 16.8. The van der Waals surface area contributed by atoms with Gasteiger partial charge in [-0.1, -0.05) is 48.5 Å². The van der Waals surface area contributed by atoms with Crippen LogP contribution in [0.25, 0.3) is 10.9 Å². The van der Waals surface area contributed by atoms with Crippen molar-refractivity contribution < 1.29 is 22.3 Å².